The van der Waals surface area contributed by atoms with E-state index in [0.29, 0.717) is 13.0 Å². The van der Waals surface area contributed by atoms with Crippen molar-refractivity contribution in [3.8, 4) is 0 Å². The molecule has 0 unspecified atom stereocenters. The van der Waals surface area contributed by atoms with E-state index in [9.17, 15) is 4.79 Å². The second-order valence-corrected chi connectivity index (χ2v) is 11.9. The average Bonchev–Trinajstić information content (AvgIpc) is 2.92. The van der Waals surface area contributed by atoms with Gasteiger partial charge in [0.05, 0.1) is 6.61 Å². The fourth-order valence-electron chi connectivity index (χ4n) is 5.41. The molecule has 0 fully saturated rings. The summed E-state index contributed by atoms with van der Waals surface area (Å²) in [4.78, 5) is 11.9. The molecule has 226 valence electrons. The molecule has 2 nitrogen and oxygen atoms in total. The maximum Gasteiger partial charge on any atom is 0.305 e. The van der Waals surface area contributed by atoms with Gasteiger partial charge in [-0.25, -0.2) is 0 Å². The molecule has 0 N–H and O–H groups in total. The predicted octanol–water partition coefficient (Wildman–Crippen LogP) is 12.8. The molecule has 0 saturated carbocycles. The summed E-state index contributed by atoms with van der Waals surface area (Å²) < 4.78 is 5.44. The van der Waals surface area contributed by atoms with Crippen LogP contribution < -0.4 is 0 Å². The van der Waals surface area contributed by atoms with Crippen LogP contribution in [-0.4, -0.2) is 12.6 Å². The van der Waals surface area contributed by atoms with Gasteiger partial charge in [-0.1, -0.05) is 180 Å². The SMILES string of the molecule is C=CCCCCCCCCCCCCCCCC(=O)OCCCCCCCCCCCCCCCCCC. The van der Waals surface area contributed by atoms with Gasteiger partial charge in [0, 0.05) is 6.42 Å². The summed E-state index contributed by atoms with van der Waals surface area (Å²) in [5, 5.41) is 0. The van der Waals surface area contributed by atoms with Crippen LogP contribution in [0.3, 0.4) is 0 Å². The van der Waals surface area contributed by atoms with Gasteiger partial charge in [-0.3, -0.25) is 4.79 Å². The minimum absolute atomic E-state index is 0.0236. The first kappa shape index (κ1) is 37.2. The Bertz CT molecular complexity index is 458. The molecule has 0 aliphatic heterocycles. The lowest BCUT2D eigenvalue weighted by molar-refractivity contribution is -0.143. The third kappa shape index (κ3) is 33.2. The first-order valence-corrected chi connectivity index (χ1v) is 17.6. The van der Waals surface area contributed by atoms with Crippen molar-refractivity contribution in [2.75, 3.05) is 6.61 Å². The molecule has 0 radical (unpaired) electrons. The lowest BCUT2D eigenvalue weighted by Crippen LogP contribution is -2.05. The third-order valence-electron chi connectivity index (χ3n) is 8.05. The van der Waals surface area contributed by atoms with Crippen LogP contribution in [0.15, 0.2) is 12.7 Å². The van der Waals surface area contributed by atoms with Crippen LogP contribution >= 0.6 is 0 Å². The summed E-state index contributed by atoms with van der Waals surface area (Å²) in [6, 6.07) is 0. The fraction of sp³-hybridized carbons (Fsp3) is 0.917. The van der Waals surface area contributed by atoms with E-state index in [-0.39, 0.29) is 5.97 Å². The van der Waals surface area contributed by atoms with E-state index in [2.05, 4.69) is 13.5 Å². The van der Waals surface area contributed by atoms with Gasteiger partial charge in [-0.15, -0.1) is 6.58 Å². The molecule has 0 aromatic rings. The molecule has 0 atom stereocenters. The number of unbranched alkanes of at least 4 members (excludes halogenated alkanes) is 28. The van der Waals surface area contributed by atoms with Crippen molar-refractivity contribution in [1.29, 1.82) is 0 Å². The van der Waals surface area contributed by atoms with Crippen LogP contribution in [0.5, 0.6) is 0 Å². The molecule has 0 aromatic carbocycles. The molecule has 0 rings (SSSR count). The van der Waals surface area contributed by atoms with Gasteiger partial charge in [0.15, 0.2) is 0 Å². The maximum absolute atomic E-state index is 11.9. The van der Waals surface area contributed by atoms with Crippen molar-refractivity contribution in [1.82, 2.24) is 0 Å². The third-order valence-corrected chi connectivity index (χ3v) is 8.05. The highest BCUT2D eigenvalue weighted by Gasteiger charge is 2.03. The monoisotopic (exact) mass is 535 g/mol. The maximum atomic E-state index is 11.9. The smallest absolute Gasteiger partial charge is 0.305 e. The molecular weight excluding hydrogens is 464 g/mol. The Morgan fingerprint density at radius 2 is 0.789 bits per heavy atom. The fourth-order valence-corrected chi connectivity index (χ4v) is 5.41. The largest absolute Gasteiger partial charge is 0.466 e. The van der Waals surface area contributed by atoms with Crippen molar-refractivity contribution in [2.45, 2.75) is 206 Å². The highest BCUT2D eigenvalue weighted by atomic mass is 16.5. The van der Waals surface area contributed by atoms with Crippen LogP contribution in [0.4, 0.5) is 0 Å². The van der Waals surface area contributed by atoms with Crippen LogP contribution in [0, 0.1) is 0 Å². The second kappa shape index (κ2) is 34.2. The Morgan fingerprint density at radius 1 is 0.474 bits per heavy atom. The van der Waals surface area contributed by atoms with Crippen molar-refractivity contribution in [3.63, 3.8) is 0 Å². The molecular formula is C36H70O2. The standard InChI is InChI=1S/C36H70O2/c1-3-5-7-9-11-13-15-17-19-21-23-25-27-29-31-33-35-38-36(37)34-32-30-28-26-24-22-20-18-16-14-12-10-8-6-4-2/h4H,2-3,5-35H2,1H3. The van der Waals surface area contributed by atoms with Crippen molar-refractivity contribution in [3.05, 3.63) is 12.7 Å². The molecule has 0 spiro atoms. The molecule has 2 heteroatoms. The Morgan fingerprint density at radius 3 is 1.16 bits per heavy atom. The van der Waals surface area contributed by atoms with E-state index in [4.69, 9.17) is 4.74 Å². The molecule has 0 aromatic heterocycles. The zero-order chi connectivity index (χ0) is 27.6. The van der Waals surface area contributed by atoms with Crippen molar-refractivity contribution >= 4 is 5.97 Å². The predicted molar refractivity (Wildman–Crippen MR) is 170 cm³/mol. The first-order chi connectivity index (χ1) is 18.8. The Kier molecular flexibility index (Phi) is 33.5. The van der Waals surface area contributed by atoms with Gasteiger partial charge >= 0.3 is 5.97 Å². The molecule has 0 saturated heterocycles. The minimum Gasteiger partial charge on any atom is -0.466 e. The Hall–Kier alpha value is -0.790. The number of hydrogen-bond acceptors (Lipinski definition) is 2. The zero-order valence-electron chi connectivity index (χ0n) is 26.2. The Labute approximate surface area is 240 Å². The van der Waals surface area contributed by atoms with E-state index in [0.717, 1.165) is 12.8 Å². The van der Waals surface area contributed by atoms with Crippen molar-refractivity contribution < 1.29 is 9.53 Å². The van der Waals surface area contributed by atoms with E-state index in [1.165, 1.54) is 180 Å². The normalized spacial score (nSPS) is 11.2. The first-order valence-electron chi connectivity index (χ1n) is 17.6. The quantitative estimate of drug-likeness (QED) is 0.0475. The summed E-state index contributed by atoms with van der Waals surface area (Å²) in [6.45, 7) is 6.71. The summed E-state index contributed by atoms with van der Waals surface area (Å²) in [6.07, 6.45) is 43.1. The lowest BCUT2D eigenvalue weighted by Gasteiger charge is -2.06. The lowest BCUT2D eigenvalue weighted by atomic mass is 10.0. The molecule has 0 aliphatic rings. The van der Waals surface area contributed by atoms with Crippen LogP contribution in [0.25, 0.3) is 0 Å². The van der Waals surface area contributed by atoms with Crippen LogP contribution in [0.1, 0.15) is 206 Å². The number of ether oxygens (including phenoxy) is 1. The number of carbonyl (C=O) groups excluding carboxylic acids is 1. The topological polar surface area (TPSA) is 26.3 Å². The van der Waals surface area contributed by atoms with Crippen LogP contribution in [-0.2, 0) is 9.53 Å². The molecule has 0 amide bonds. The molecule has 0 bridgehead atoms. The number of allylic oxidation sites excluding steroid dienone is 1. The highest BCUT2D eigenvalue weighted by Crippen LogP contribution is 2.15. The van der Waals surface area contributed by atoms with Crippen LogP contribution in [0.2, 0.25) is 0 Å². The average molecular weight is 535 g/mol. The summed E-state index contributed by atoms with van der Waals surface area (Å²) >= 11 is 0. The number of rotatable bonds is 33. The van der Waals surface area contributed by atoms with E-state index in [1.54, 1.807) is 0 Å². The summed E-state index contributed by atoms with van der Waals surface area (Å²) in [7, 11) is 0. The molecule has 0 aliphatic carbocycles. The molecule has 38 heavy (non-hydrogen) atoms. The second-order valence-electron chi connectivity index (χ2n) is 11.9. The highest BCUT2D eigenvalue weighted by molar-refractivity contribution is 5.69. The number of esters is 1. The van der Waals surface area contributed by atoms with Gasteiger partial charge in [0.1, 0.15) is 0 Å². The number of hydrogen-bond donors (Lipinski definition) is 0. The van der Waals surface area contributed by atoms with Gasteiger partial charge in [0.2, 0.25) is 0 Å². The minimum atomic E-state index is 0.0236. The zero-order valence-corrected chi connectivity index (χ0v) is 26.2. The van der Waals surface area contributed by atoms with Crippen molar-refractivity contribution in [2.24, 2.45) is 0 Å². The summed E-state index contributed by atoms with van der Waals surface area (Å²) in [5.74, 6) is 0.0236. The Balaban J connectivity index is 3.14. The van der Waals surface area contributed by atoms with E-state index in [1.807, 2.05) is 6.08 Å². The van der Waals surface area contributed by atoms with Gasteiger partial charge < -0.3 is 4.74 Å². The molecule has 0 heterocycles. The number of carbonyl (C=O) groups is 1. The summed E-state index contributed by atoms with van der Waals surface area (Å²) in [5.41, 5.74) is 0. The van der Waals surface area contributed by atoms with Gasteiger partial charge in [-0.05, 0) is 25.7 Å². The van der Waals surface area contributed by atoms with E-state index < -0.39 is 0 Å². The van der Waals surface area contributed by atoms with Gasteiger partial charge in [0.25, 0.3) is 0 Å². The van der Waals surface area contributed by atoms with Gasteiger partial charge in [-0.2, -0.15) is 0 Å². The van der Waals surface area contributed by atoms with E-state index >= 15 is 0 Å².